The van der Waals surface area contributed by atoms with Crippen LogP contribution in [0.1, 0.15) is 31.1 Å². The highest BCUT2D eigenvalue weighted by Gasteiger charge is 2.29. The minimum absolute atomic E-state index is 0.000879. The van der Waals surface area contributed by atoms with Crippen molar-refractivity contribution in [2.75, 3.05) is 33.3 Å². The molecule has 0 aliphatic carbocycles. The molecule has 1 aromatic carbocycles. The molecule has 1 aromatic rings. The molecule has 0 bridgehead atoms. The van der Waals surface area contributed by atoms with Crippen molar-refractivity contribution >= 4 is 5.91 Å². The van der Waals surface area contributed by atoms with Crippen LogP contribution in [0, 0.1) is 0 Å². The number of amides is 1. The van der Waals surface area contributed by atoms with E-state index in [-0.39, 0.29) is 17.2 Å². The van der Waals surface area contributed by atoms with E-state index in [1.165, 1.54) is 6.07 Å². The van der Waals surface area contributed by atoms with Crippen molar-refractivity contribution < 1.29 is 14.6 Å². The Balaban J connectivity index is 2.09. The number of methoxy groups -OCH3 is 1. The minimum atomic E-state index is -0.139. The van der Waals surface area contributed by atoms with Crippen molar-refractivity contribution in [3.05, 3.63) is 23.8 Å². The van der Waals surface area contributed by atoms with Crippen LogP contribution in [0.15, 0.2) is 18.2 Å². The minimum Gasteiger partial charge on any atom is -0.507 e. The Morgan fingerprint density at radius 1 is 1.19 bits per heavy atom. The molecule has 0 unspecified atom stereocenters. The van der Waals surface area contributed by atoms with Gasteiger partial charge in [-0.05, 0) is 39.0 Å². The molecule has 0 saturated carbocycles. The molecular weight excluding hydrogens is 268 g/mol. The van der Waals surface area contributed by atoms with Crippen LogP contribution in [0.4, 0.5) is 0 Å². The number of phenolic OH excluding ortho intramolecular Hbond substituents is 1. The van der Waals surface area contributed by atoms with E-state index in [0.29, 0.717) is 24.4 Å². The molecule has 2 rings (SSSR count). The summed E-state index contributed by atoms with van der Waals surface area (Å²) in [5.41, 5.74) is 0.423. The first-order chi connectivity index (χ1) is 9.82. The summed E-state index contributed by atoms with van der Waals surface area (Å²) < 4.78 is 5.12. The number of phenols is 1. The van der Waals surface area contributed by atoms with Gasteiger partial charge in [0.1, 0.15) is 11.5 Å². The highest BCUT2D eigenvalue weighted by atomic mass is 16.5. The second kappa shape index (κ2) is 5.93. The Kier molecular flexibility index (Phi) is 4.42. The van der Waals surface area contributed by atoms with Gasteiger partial charge in [0.15, 0.2) is 0 Å². The van der Waals surface area contributed by atoms with Crippen LogP contribution in [0.5, 0.6) is 11.5 Å². The molecule has 0 radical (unpaired) electrons. The van der Waals surface area contributed by atoms with Crippen LogP contribution in [-0.4, -0.2) is 59.6 Å². The number of nitrogens with zero attached hydrogens (tertiary/aromatic N) is 2. The lowest BCUT2D eigenvalue weighted by Crippen LogP contribution is -2.54. The van der Waals surface area contributed by atoms with Crippen molar-refractivity contribution in [3.8, 4) is 11.5 Å². The molecule has 1 fully saturated rings. The van der Waals surface area contributed by atoms with E-state index in [4.69, 9.17) is 4.74 Å². The van der Waals surface area contributed by atoms with Gasteiger partial charge >= 0.3 is 0 Å². The third-order valence-electron chi connectivity index (χ3n) is 3.95. The smallest absolute Gasteiger partial charge is 0.257 e. The molecule has 5 nitrogen and oxygen atoms in total. The molecule has 1 heterocycles. The van der Waals surface area contributed by atoms with Gasteiger partial charge < -0.3 is 14.7 Å². The van der Waals surface area contributed by atoms with Gasteiger partial charge in [-0.3, -0.25) is 9.69 Å². The summed E-state index contributed by atoms with van der Waals surface area (Å²) in [7, 11) is 1.54. The summed E-state index contributed by atoms with van der Waals surface area (Å²) in [4.78, 5) is 16.7. The zero-order chi connectivity index (χ0) is 15.6. The van der Waals surface area contributed by atoms with Crippen molar-refractivity contribution in [2.24, 2.45) is 0 Å². The number of hydrogen-bond donors (Lipinski definition) is 1. The summed E-state index contributed by atoms with van der Waals surface area (Å²) in [6.45, 7) is 9.58. The molecular formula is C16H24N2O3. The fourth-order valence-corrected chi connectivity index (χ4v) is 2.56. The molecule has 116 valence electrons. The molecule has 1 aliphatic heterocycles. The number of carbonyl (C=O) groups excluding carboxylic acids is 1. The van der Waals surface area contributed by atoms with E-state index in [9.17, 15) is 9.90 Å². The summed E-state index contributed by atoms with van der Waals surface area (Å²) in [6, 6.07) is 4.73. The van der Waals surface area contributed by atoms with E-state index in [1.807, 2.05) is 0 Å². The van der Waals surface area contributed by atoms with Crippen LogP contribution in [0.3, 0.4) is 0 Å². The zero-order valence-corrected chi connectivity index (χ0v) is 13.2. The number of benzene rings is 1. The van der Waals surface area contributed by atoms with Crippen LogP contribution >= 0.6 is 0 Å². The number of piperazine rings is 1. The van der Waals surface area contributed by atoms with Gasteiger partial charge in [0.2, 0.25) is 0 Å². The first kappa shape index (κ1) is 15.6. The van der Waals surface area contributed by atoms with Crippen molar-refractivity contribution in [2.45, 2.75) is 26.3 Å². The fourth-order valence-electron chi connectivity index (χ4n) is 2.56. The van der Waals surface area contributed by atoms with Crippen LogP contribution in [-0.2, 0) is 0 Å². The van der Waals surface area contributed by atoms with E-state index in [2.05, 4.69) is 25.7 Å². The Labute approximate surface area is 126 Å². The van der Waals surface area contributed by atoms with E-state index >= 15 is 0 Å². The lowest BCUT2D eigenvalue weighted by Gasteiger charge is -2.42. The third-order valence-corrected chi connectivity index (χ3v) is 3.95. The summed E-state index contributed by atoms with van der Waals surface area (Å²) in [6.07, 6.45) is 0. The predicted molar refractivity (Wildman–Crippen MR) is 81.9 cm³/mol. The predicted octanol–water partition coefficient (Wildman–Crippen LogP) is 1.96. The van der Waals surface area contributed by atoms with Gasteiger partial charge in [-0.25, -0.2) is 0 Å². The molecule has 5 heteroatoms. The molecule has 0 spiro atoms. The maximum absolute atomic E-state index is 12.5. The van der Waals surface area contributed by atoms with E-state index < -0.39 is 0 Å². The third kappa shape index (κ3) is 3.47. The van der Waals surface area contributed by atoms with Gasteiger partial charge in [-0.1, -0.05) is 0 Å². The zero-order valence-electron chi connectivity index (χ0n) is 13.2. The van der Waals surface area contributed by atoms with Crippen LogP contribution in [0.25, 0.3) is 0 Å². The highest BCUT2D eigenvalue weighted by Crippen LogP contribution is 2.25. The standard InChI is InChI=1S/C16H24N2O3/c1-16(2,3)18-9-7-17(8-10-18)15(20)13-11-12(21-4)5-6-14(13)19/h5-6,11,19H,7-10H2,1-4H3. The van der Waals surface area contributed by atoms with Gasteiger partial charge in [-0.15, -0.1) is 0 Å². The Morgan fingerprint density at radius 3 is 2.33 bits per heavy atom. The Hall–Kier alpha value is -1.75. The maximum Gasteiger partial charge on any atom is 0.257 e. The topological polar surface area (TPSA) is 53.0 Å². The SMILES string of the molecule is COc1ccc(O)c(C(=O)N2CCN(C(C)(C)C)CC2)c1. The molecule has 1 amide bonds. The number of rotatable bonds is 2. The molecule has 0 atom stereocenters. The fraction of sp³-hybridized carbons (Fsp3) is 0.562. The lowest BCUT2D eigenvalue weighted by molar-refractivity contribution is 0.0448. The van der Waals surface area contributed by atoms with Crippen molar-refractivity contribution in [3.63, 3.8) is 0 Å². The number of aromatic hydroxyl groups is 1. The first-order valence-corrected chi connectivity index (χ1v) is 7.24. The first-order valence-electron chi connectivity index (χ1n) is 7.24. The van der Waals surface area contributed by atoms with Gasteiger partial charge in [0.05, 0.1) is 12.7 Å². The summed E-state index contributed by atoms with van der Waals surface area (Å²) in [5.74, 6) is 0.434. The number of carbonyl (C=O) groups is 1. The second-order valence-electron chi connectivity index (χ2n) is 6.33. The molecule has 0 aromatic heterocycles. The van der Waals surface area contributed by atoms with Crippen LogP contribution < -0.4 is 4.74 Å². The quantitative estimate of drug-likeness (QED) is 0.905. The summed E-state index contributed by atoms with van der Waals surface area (Å²) >= 11 is 0. The second-order valence-corrected chi connectivity index (χ2v) is 6.33. The van der Waals surface area contributed by atoms with Crippen LogP contribution in [0.2, 0.25) is 0 Å². The molecule has 1 N–H and O–H groups in total. The maximum atomic E-state index is 12.5. The number of hydrogen-bond acceptors (Lipinski definition) is 4. The van der Waals surface area contributed by atoms with Crippen molar-refractivity contribution in [1.82, 2.24) is 9.80 Å². The normalized spacial score (nSPS) is 16.9. The largest absolute Gasteiger partial charge is 0.507 e. The summed E-state index contributed by atoms with van der Waals surface area (Å²) in [5, 5.41) is 9.90. The monoisotopic (exact) mass is 292 g/mol. The Morgan fingerprint density at radius 2 is 1.81 bits per heavy atom. The molecule has 1 aliphatic rings. The average molecular weight is 292 g/mol. The molecule has 1 saturated heterocycles. The average Bonchev–Trinajstić information content (AvgIpc) is 2.46. The lowest BCUT2D eigenvalue weighted by atomic mass is 10.0. The van der Waals surface area contributed by atoms with E-state index in [0.717, 1.165) is 13.1 Å². The van der Waals surface area contributed by atoms with Gasteiger partial charge in [-0.2, -0.15) is 0 Å². The van der Waals surface area contributed by atoms with Gasteiger partial charge in [0.25, 0.3) is 5.91 Å². The molecule has 21 heavy (non-hydrogen) atoms. The highest BCUT2D eigenvalue weighted by molar-refractivity contribution is 5.97. The van der Waals surface area contributed by atoms with Crippen molar-refractivity contribution in [1.29, 1.82) is 0 Å². The number of ether oxygens (including phenoxy) is 1. The Bertz CT molecular complexity index is 515. The van der Waals surface area contributed by atoms with E-state index in [1.54, 1.807) is 24.1 Å². The van der Waals surface area contributed by atoms with Gasteiger partial charge in [0, 0.05) is 31.7 Å².